The van der Waals surface area contributed by atoms with Crippen LogP contribution >= 0.6 is 0 Å². The summed E-state index contributed by atoms with van der Waals surface area (Å²) in [6, 6.07) is 22.7. The Bertz CT molecular complexity index is 1110. The third kappa shape index (κ3) is 7.94. The van der Waals surface area contributed by atoms with E-state index in [0.717, 1.165) is 17.5 Å². The molecule has 0 aliphatic heterocycles. The van der Waals surface area contributed by atoms with Gasteiger partial charge in [0.05, 0.1) is 5.56 Å². The number of benzene rings is 3. The number of ether oxygens (including phenoxy) is 2. The Balaban J connectivity index is 1.53. The van der Waals surface area contributed by atoms with Crippen molar-refractivity contribution < 1.29 is 19.1 Å². The molecule has 3 aromatic rings. The van der Waals surface area contributed by atoms with Crippen LogP contribution in [0, 0.1) is 0 Å². The van der Waals surface area contributed by atoms with Gasteiger partial charge in [0.15, 0.2) is 6.10 Å². The van der Waals surface area contributed by atoms with Crippen molar-refractivity contribution in [3.05, 3.63) is 102 Å². The molecule has 0 spiro atoms. The first-order valence-electron chi connectivity index (χ1n) is 12.8. The number of hydrogen-bond acceptors (Lipinski definition) is 4. The molecule has 188 valence electrons. The third-order valence-electron chi connectivity index (χ3n) is 6.14. The molecule has 0 radical (unpaired) electrons. The van der Waals surface area contributed by atoms with Crippen molar-refractivity contribution in [2.45, 2.75) is 58.5 Å². The van der Waals surface area contributed by atoms with E-state index in [1.807, 2.05) is 12.1 Å². The van der Waals surface area contributed by atoms with Gasteiger partial charge in [-0.3, -0.25) is 4.79 Å². The van der Waals surface area contributed by atoms with Gasteiger partial charge in [-0.15, -0.1) is 0 Å². The Labute approximate surface area is 215 Å². The molecule has 0 aliphatic rings. The van der Waals surface area contributed by atoms with Crippen LogP contribution in [0.25, 0.3) is 11.1 Å². The minimum absolute atomic E-state index is 0.263. The maximum absolute atomic E-state index is 12.7. The smallest absolute Gasteiger partial charge is 0.338 e. The van der Waals surface area contributed by atoms with Gasteiger partial charge in [-0.25, -0.2) is 4.79 Å². The second-order valence-corrected chi connectivity index (χ2v) is 8.97. The fourth-order valence-electron chi connectivity index (χ4n) is 3.98. The number of unbranched alkanes of at least 4 members (excludes halogenated alkanes) is 4. The maximum Gasteiger partial charge on any atom is 0.338 e. The van der Waals surface area contributed by atoms with Gasteiger partial charge in [-0.2, -0.15) is 0 Å². The lowest BCUT2D eigenvalue weighted by Gasteiger charge is -2.13. The molecule has 0 aliphatic carbocycles. The molecular formula is C32H36O4. The second-order valence-electron chi connectivity index (χ2n) is 8.97. The molecule has 3 rings (SSSR count). The molecule has 4 nitrogen and oxygen atoms in total. The van der Waals surface area contributed by atoms with Crippen molar-refractivity contribution >= 4 is 11.8 Å². The first-order chi connectivity index (χ1) is 17.5. The van der Waals surface area contributed by atoms with Crippen LogP contribution in [0.5, 0.6) is 5.75 Å². The Morgan fingerprint density at radius 3 is 2.00 bits per heavy atom. The third-order valence-corrected chi connectivity index (χ3v) is 6.14. The first kappa shape index (κ1) is 26.9. The van der Waals surface area contributed by atoms with Crippen molar-refractivity contribution in [1.29, 1.82) is 0 Å². The lowest BCUT2D eigenvalue weighted by molar-refractivity contribution is 0.0319. The van der Waals surface area contributed by atoms with Gasteiger partial charge in [0, 0.05) is 5.56 Å². The van der Waals surface area contributed by atoms with Crippen molar-refractivity contribution in [2.75, 3.05) is 6.61 Å². The summed E-state index contributed by atoms with van der Waals surface area (Å²) in [5, 5.41) is 0. The Morgan fingerprint density at radius 2 is 1.39 bits per heavy atom. The number of carbonyl (C=O) groups is 2. The summed E-state index contributed by atoms with van der Waals surface area (Å²) >= 11 is 0. The van der Waals surface area contributed by atoms with E-state index in [-0.39, 0.29) is 5.78 Å². The van der Waals surface area contributed by atoms with E-state index in [1.165, 1.54) is 37.7 Å². The Kier molecular flexibility index (Phi) is 10.5. The second kappa shape index (κ2) is 14.0. The van der Waals surface area contributed by atoms with Gasteiger partial charge in [-0.1, -0.05) is 81.7 Å². The van der Waals surface area contributed by atoms with Gasteiger partial charge < -0.3 is 9.47 Å². The van der Waals surface area contributed by atoms with E-state index in [1.54, 1.807) is 49.4 Å². The molecule has 0 bridgehead atoms. The lowest BCUT2D eigenvalue weighted by atomic mass is 10.00. The zero-order valence-electron chi connectivity index (χ0n) is 21.4. The van der Waals surface area contributed by atoms with Crippen LogP contribution in [0.15, 0.2) is 85.5 Å². The molecule has 36 heavy (non-hydrogen) atoms. The Morgan fingerprint density at radius 1 is 0.806 bits per heavy atom. The highest BCUT2D eigenvalue weighted by atomic mass is 16.5. The highest BCUT2D eigenvalue weighted by Crippen LogP contribution is 2.22. The molecule has 3 aromatic carbocycles. The minimum Gasteiger partial charge on any atom is -0.490 e. The fourth-order valence-corrected chi connectivity index (χ4v) is 3.98. The largest absolute Gasteiger partial charge is 0.490 e. The number of carbonyl (C=O) groups excluding carboxylic acids is 2. The van der Waals surface area contributed by atoms with E-state index >= 15 is 0 Å². The van der Waals surface area contributed by atoms with Crippen LogP contribution in [0.1, 0.15) is 72.2 Å². The molecule has 0 aromatic heterocycles. The molecule has 0 N–H and O–H groups in total. The summed E-state index contributed by atoms with van der Waals surface area (Å²) in [7, 11) is 0. The zero-order valence-corrected chi connectivity index (χ0v) is 21.4. The van der Waals surface area contributed by atoms with Crippen LogP contribution in [-0.4, -0.2) is 24.5 Å². The van der Waals surface area contributed by atoms with Crippen molar-refractivity contribution in [1.82, 2.24) is 0 Å². The lowest BCUT2D eigenvalue weighted by Crippen LogP contribution is -2.24. The topological polar surface area (TPSA) is 52.6 Å². The fraction of sp³-hybridized carbons (Fsp3) is 0.312. The van der Waals surface area contributed by atoms with Crippen LogP contribution in [0.2, 0.25) is 0 Å². The summed E-state index contributed by atoms with van der Waals surface area (Å²) in [4.78, 5) is 25.3. The van der Waals surface area contributed by atoms with Crippen LogP contribution in [0.3, 0.4) is 0 Å². The SMILES string of the molecule is C=CCOc1ccc(C(=O)C(C)OC(=O)c2ccc(-c3ccc(CCCCCCC)cc3)cc2)cc1. The molecule has 0 amide bonds. The first-order valence-corrected chi connectivity index (χ1v) is 12.8. The summed E-state index contributed by atoms with van der Waals surface area (Å²) in [6.45, 7) is 7.82. The molecule has 1 atom stereocenters. The number of esters is 1. The molecule has 0 fully saturated rings. The molecule has 0 saturated carbocycles. The Hall–Kier alpha value is -3.66. The van der Waals surface area contributed by atoms with Crippen LogP contribution < -0.4 is 4.74 Å². The van der Waals surface area contributed by atoms with Crippen molar-refractivity contribution in [2.24, 2.45) is 0 Å². The minimum atomic E-state index is -0.897. The van der Waals surface area contributed by atoms with Gasteiger partial charge in [0.1, 0.15) is 12.4 Å². The quantitative estimate of drug-likeness (QED) is 0.101. The van der Waals surface area contributed by atoms with Crippen molar-refractivity contribution in [3.8, 4) is 16.9 Å². The molecule has 0 heterocycles. The number of rotatable bonds is 14. The number of ketones is 1. The van der Waals surface area contributed by atoms with E-state index in [9.17, 15) is 9.59 Å². The standard InChI is InChI=1S/C32H36O4/c1-4-6-7-8-9-10-25-11-13-26(14-12-25)27-15-17-29(18-16-27)32(34)36-24(3)31(33)28-19-21-30(22-20-28)35-23-5-2/h5,11-22,24H,2,4,6-10,23H2,1,3H3. The highest BCUT2D eigenvalue weighted by Gasteiger charge is 2.20. The number of aryl methyl sites for hydroxylation is 1. The molecule has 0 saturated heterocycles. The highest BCUT2D eigenvalue weighted by molar-refractivity contribution is 6.01. The van der Waals surface area contributed by atoms with E-state index < -0.39 is 12.1 Å². The maximum atomic E-state index is 12.7. The average Bonchev–Trinajstić information content (AvgIpc) is 2.92. The van der Waals surface area contributed by atoms with E-state index in [2.05, 4.69) is 37.8 Å². The summed E-state index contributed by atoms with van der Waals surface area (Å²) in [5.41, 5.74) is 4.36. The predicted octanol–water partition coefficient (Wildman–Crippen LogP) is 7.86. The van der Waals surface area contributed by atoms with Crippen LogP contribution in [-0.2, 0) is 11.2 Å². The predicted molar refractivity (Wildman–Crippen MR) is 146 cm³/mol. The molecular weight excluding hydrogens is 448 g/mol. The molecule has 1 unspecified atom stereocenters. The monoisotopic (exact) mass is 484 g/mol. The number of hydrogen-bond donors (Lipinski definition) is 0. The average molecular weight is 485 g/mol. The van der Waals surface area contributed by atoms with Crippen molar-refractivity contribution in [3.63, 3.8) is 0 Å². The number of Topliss-reactive ketones (excluding diaryl/α,β-unsaturated/α-hetero) is 1. The normalized spacial score (nSPS) is 11.5. The van der Waals surface area contributed by atoms with Gasteiger partial charge in [0.2, 0.25) is 5.78 Å². The summed E-state index contributed by atoms with van der Waals surface area (Å²) in [6.07, 6.45) is 8.28. The van der Waals surface area contributed by atoms with E-state index in [0.29, 0.717) is 23.5 Å². The van der Waals surface area contributed by atoms with Gasteiger partial charge in [-0.05, 0) is 72.9 Å². The van der Waals surface area contributed by atoms with Gasteiger partial charge >= 0.3 is 5.97 Å². The zero-order chi connectivity index (χ0) is 25.8. The molecule has 4 heteroatoms. The van der Waals surface area contributed by atoms with E-state index in [4.69, 9.17) is 9.47 Å². The van der Waals surface area contributed by atoms with Gasteiger partial charge in [0.25, 0.3) is 0 Å². The summed E-state index contributed by atoms with van der Waals surface area (Å²) in [5.74, 6) is -0.138. The van der Waals surface area contributed by atoms with Crippen LogP contribution in [0.4, 0.5) is 0 Å². The summed E-state index contributed by atoms with van der Waals surface area (Å²) < 4.78 is 10.9.